The fourth-order valence-corrected chi connectivity index (χ4v) is 5.16. The number of furan rings is 1. The number of alkyl halides is 3. The quantitative estimate of drug-likeness (QED) is 0.244. The van der Waals surface area contributed by atoms with Crippen LogP contribution in [0.3, 0.4) is 0 Å². The standard InChI is InChI=1S/C22H12F3N3O2S3/c23-22(24,25)13-5-3-4-12(10-13)16-9-8-14(30-16)11-18-19(29)28(21(31)33-18)27-20-26-15-6-1-2-7-17(15)32-20/h1-11H,(H,26,27). The van der Waals surface area contributed by atoms with E-state index in [4.69, 9.17) is 16.6 Å². The second kappa shape index (κ2) is 8.32. The van der Waals surface area contributed by atoms with E-state index in [-0.39, 0.29) is 17.2 Å². The predicted molar refractivity (Wildman–Crippen MR) is 127 cm³/mol. The van der Waals surface area contributed by atoms with E-state index in [9.17, 15) is 18.0 Å². The van der Waals surface area contributed by atoms with E-state index in [1.807, 2.05) is 24.3 Å². The van der Waals surface area contributed by atoms with Crippen LogP contribution < -0.4 is 5.43 Å². The summed E-state index contributed by atoms with van der Waals surface area (Å²) in [5.74, 6) is 0.208. The Morgan fingerprint density at radius 3 is 2.70 bits per heavy atom. The van der Waals surface area contributed by atoms with Crippen molar-refractivity contribution >= 4 is 67.0 Å². The highest BCUT2D eigenvalue weighted by Crippen LogP contribution is 2.36. The number of anilines is 1. The molecule has 0 unspecified atom stereocenters. The number of carbonyl (C=O) groups excluding carboxylic acids is 1. The van der Waals surface area contributed by atoms with E-state index in [1.165, 1.54) is 34.6 Å². The van der Waals surface area contributed by atoms with Gasteiger partial charge in [-0.2, -0.15) is 18.2 Å². The van der Waals surface area contributed by atoms with Crippen LogP contribution in [0.2, 0.25) is 0 Å². The van der Waals surface area contributed by atoms with Gasteiger partial charge in [-0.25, -0.2) is 4.98 Å². The van der Waals surface area contributed by atoms with Crippen LogP contribution in [-0.4, -0.2) is 20.2 Å². The number of thiazole rings is 1. The number of aromatic nitrogens is 1. The lowest BCUT2D eigenvalue weighted by atomic mass is 10.1. The molecule has 4 aromatic rings. The molecule has 33 heavy (non-hydrogen) atoms. The normalized spacial score (nSPS) is 15.7. The summed E-state index contributed by atoms with van der Waals surface area (Å²) in [5.41, 5.74) is 3.28. The molecule has 2 aromatic carbocycles. The number of halogens is 3. The number of hydrogen-bond donors (Lipinski definition) is 1. The fourth-order valence-electron chi connectivity index (χ4n) is 3.14. The zero-order chi connectivity index (χ0) is 23.2. The Balaban J connectivity index is 1.36. The number of benzene rings is 2. The number of fused-ring (bicyclic) bond motifs is 1. The molecule has 0 spiro atoms. The lowest BCUT2D eigenvalue weighted by Gasteiger charge is -2.14. The first kappa shape index (κ1) is 21.7. The molecule has 0 aliphatic carbocycles. The van der Waals surface area contributed by atoms with Gasteiger partial charge in [-0.1, -0.05) is 47.4 Å². The van der Waals surface area contributed by atoms with Crippen LogP contribution in [0, 0.1) is 0 Å². The number of thioether (sulfide) groups is 1. The number of nitrogens with zero attached hydrogens (tertiary/aromatic N) is 2. The van der Waals surface area contributed by atoms with Crippen LogP contribution in [0.15, 0.2) is 70.0 Å². The summed E-state index contributed by atoms with van der Waals surface area (Å²) >= 11 is 7.81. The summed E-state index contributed by atoms with van der Waals surface area (Å²) in [7, 11) is 0. The molecule has 0 saturated carbocycles. The number of amides is 1. The van der Waals surface area contributed by atoms with Crippen molar-refractivity contribution in [3.05, 3.63) is 76.9 Å². The molecular formula is C22H12F3N3O2S3. The fraction of sp³-hybridized carbons (Fsp3) is 0.0455. The van der Waals surface area contributed by atoms with Gasteiger partial charge in [0, 0.05) is 11.6 Å². The first-order valence-electron chi connectivity index (χ1n) is 9.45. The van der Waals surface area contributed by atoms with Crippen molar-refractivity contribution in [3.63, 3.8) is 0 Å². The maximum absolute atomic E-state index is 13.0. The van der Waals surface area contributed by atoms with Crippen molar-refractivity contribution in [2.24, 2.45) is 0 Å². The Bertz CT molecular complexity index is 1390. The van der Waals surface area contributed by atoms with Gasteiger partial charge in [0.05, 0.1) is 20.7 Å². The molecule has 2 aromatic heterocycles. The van der Waals surface area contributed by atoms with Crippen LogP contribution in [0.4, 0.5) is 18.3 Å². The van der Waals surface area contributed by atoms with E-state index in [1.54, 1.807) is 12.1 Å². The van der Waals surface area contributed by atoms with E-state index in [0.29, 0.717) is 20.1 Å². The van der Waals surface area contributed by atoms with Crippen LogP contribution in [0.25, 0.3) is 27.6 Å². The molecule has 1 fully saturated rings. The number of hydrogen-bond acceptors (Lipinski definition) is 7. The Morgan fingerprint density at radius 2 is 1.91 bits per heavy atom. The number of thiocarbonyl (C=S) groups is 1. The predicted octanol–water partition coefficient (Wildman–Crippen LogP) is 6.80. The van der Waals surface area contributed by atoms with E-state index >= 15 is 0 Å². The average molecular weight is 504 g/mol. The molecule has 0 radical (unpaired) electrons. The molecule has 1 aliphatic heterocycles. The minimum absolute atomic E-state index is 0.260. The van der Waals surface area contributed by atoms with Gasteiger partial charge in [-0.05, 0) is 48.6 Å². The van der Waals surface area contributed by atoms with E-state index < -0.39 is 11.7 Å². The zero-order valence-electron chi connectivity index (χ0n) is 16.4. The van der Waals surface area contributed by atoms with E-state index in [0.717, 1.165) is 34.1 Å². The first-order valence-corrected chi connectivity index (χ1v) is 11.5. The largest absolute Gasteiger partial charge is 0.457 e. The van der Waals surface area contributed by atoms with Gasteiger partial charge in [-0.15, -0.1) is 0 Å². The zero-order valence-corrected chi connectivity index (χ0v) is 18.9. The Labute approximate surface area is 198 Å². The van der Waals surface area contributed by atoms with Crippen molar-refractivity contribution in [1.29, 1.82) is 0 Å². The summed E-state index contributed by atoms with van der Waals surface area (Å²) in [4.78, 5) is 17.6. The number of hydrazine groups is 1. The monoisotopic (exact) mass is 503 g/mol. The second-order valence-electron chi connectivity index (χ2n) is 6.90. The third-order valence-electron chi connectivity index (χ3n) is 4.67. The van der Waals surface area contributed by atoms with E-state index in [2.05, 4.69) is 10.4 Å². The molecule has 1 N–H and O–H groups in total. The first-order chi connectivity index (χ1) is 15.8. The third-order valence-corrected chi connectivity index (χ3v) is 6.91. The molecule has 0 atom stereocenters. The summed E-state index contributed by atoms with van der Waals surface area (Å²) in [6.07, 6.45) is -2.94. The molecule has 166 valence electrons. The maximum Gasteiger partial charge on any atom is 0.416 e. The lowest BCUT2D eigenvalue weighted by molar-refractivity contribution is -0.137. The minimum Gasteiger partial charge on any atom is -0.457 e. The number of carbonyl (C=O) groups is 1. The van der Waals surface area contributed by atoms with Gasteiger partial charge in [0.2, 0.25) is 5.13 Å². The highest BCUT2D eigenvalue weighted by molar-refractivity contribution is 8.26. The highest BCUT2D eigenvalue weighted by Gasteiger charge is 2.34. The van der Waals surface area contributed by atoms with Gasteiger partial charge in [-0.3, -0.25) is 10.2 Å². The van der Waals surface area contributed by atoms with Crippen molar-refractivity contribution in [2.75, 3.05) is 5.43 Å². The molecule has 5 rings (SSSR count). The minimum atomic E-state index is -4.45. The van der Waals surface area contributed by atoms with Crippen molar-refractivity contribution in [3.8, 4) is 11.3 Å². The molecule has 5 nitrogen and oxygen atoms in total. The smallest absolute Gasteiger partial charge is 0.416 e. The number of para-hydroxylation sites is 1. The summed E-state index contributed by atoms with van der Waals surface area (Å²) < 4.78 is 45.9. The van der Waals surface area contributed by atoms with Gasteiger partial charge in [0.15, 0.2) is 4.32 Å². The van der Waals surface area contributed by atoms with Gasteiger partial charge in [0.1, 0.15) is 11.5 Å². The van der Waals surface area contributed by atoms with Gasteiger partial charge >= 0.3 is 6.18 Å². The van der Waals surface area contributed by atoms with Crippen LogP contribution in [0.5, 0.6) is 0 Å². The van der Waals surface area contributed by atoms with Crippen molar-refractivity contribution in [1.82, 2.24) is 9.99 Å². The van der Waals surface area contributed by atoms with Crippen LogP contribution in [0.1, 0.15) is 11.3 Å². The van der Waals surface area contributed by atoms with Crippen molar-refractivity contribution in [2.45, 2.75) is 6.18 Å². The van der Waals surface area contributed by atoms with Gasteiger partial charge in [0.25, 0.3) is 5.91 Å². The Kier molecular flexibility index (Phi) is 5.47. The lowest BCUT2D eigenvalue weighted by Crippen LogP contribution is -2.33. The van der Waals surface area contributed by atoms with Crippen LogP contribution >= 0.6 is 35.3 Å². The topological polar surface area (TPSA) is 58.4 Å². The number of nitrogens with one attached hydrogen (secondary N) is 1. The Morgan fingerprint density at radius 1 is 1.09 bits per heavy atom. The second-order valence-corrected chi connectivity index (χ2v) is 9.60. The molecule has 0 bridgehead atoms. The summed E-state index contributed by atoms with van der Waals surface area (Å²) in [5, 5.41) is 1.76. The van der Waals surface area contributed by atoms with Crippen LogP contribution in [-0.2, 0) is 11.0 Å². The Hall–Kier alpha value is -3.15. The molecule has 1 aliphatic rings. The maximum atomic E-state index is 13.0. The van der Waals surface area contributed by atoms with Crippen molar-refractivity contribution < 1.29 is 22.4 Å². The molecular weight excluding hydrogens is 491 g/mol. The molecule has 3 heterocycles. The molecule has 1 saturated heterocycles. The average Bonchev–Trinajstić information content (AvgIpc) is 3.48. The summed E-state index contributed by atoms with van der Waals surface area (Å²) in [6.45, 7) is 0. The third kappa shape index (κ3) is 4.39. The van der Waals surface area contributed by atoms with Gasteiger partial charge < -0.3 is 4.42 Å². The summed E-state index contributed by atoms with van der Waals surface area (Å²) in [6, 6.07) is 15.6. The molecule has 1 amide bonds. The SMILES string of the molecule is O=C1C(=Cc2ccc(-c3cccc(C(F)(F)F)c3)o2)SC(=S)N1Nc1nc2ccccc2s1. The number of rotatable bonds is 4. The molecule has 11 heteroatoms. The highest BCUT2D eigenvalue weighted by atomic mass is 32.2.